The topological polar surface area (TPSA) is 99.2 Å². The highest BCUT2D eigenvalue weighted by molar-refractivity contribution is 5.84. The molecule has 1 saturated heterocycles. The van der Waals surface area contributed by atoms with E-state index in [4.69, 9.17) is 4.74 Å². The molecule has 1 aliphatic heterocycles. The molecule has 3 aromatic heterocycles. The number of methoxy groups -OCH3 is 1. The second-order valence-electron chi connectivity index (χ2n) is 9.21. The van der Waals surface area contributed by atoms with E-state index in [0.717, 1.165) is 59.6 Å². The molecule has 4 aromatic rings. The van der Waals surface area contributed by atoms with Crippen LogP contribution in [-0.4, -0.2) is 65.3 Å². The number of fused-ring (bicyclic) bond motifs is 3. The van der Waals surface area contributed by atoms with Crippen LogP contribution >= 0.6 is 0 Å². The van der Waals surface area contributed by atoms with Crippen LogP contribution in [0.5, 0.6) is 5.75 Å². The lowest BCUT2D eigenvalue weighted by atomic mass is 10.0. The summed E-state index contributed by atoms with van der Waals surface area (Å²) in [5.74, 6) is 1.68. The van der Waals surface area contributed by atoms with Crippen LogP contribution in [0.15, 0.2) is 24.3 Å². The van der Waals surface area contributed by atoms with Crippen LogP contribution in [-0.2, 0) is 0 Å². The Hall–Kier alpha value is -3.14. The number of aromatic nitrogens is 8. The van der Waals surface area contributed by atoms with Gasteiger partial charge in [0, 0.05) is 17.0 Å². The van der Waals surface area contributed by atoms with E-state index in [1.807, 2.05) is 16.6 Å². The molecule has 10 heteroatoms. The standard InChI is InChI=1S/C23H29N9O/c1-33-18-11-10-16-14-19(22-24-26-29-32(22)20(16)15-18)21(30-12-6-2-3-7-13-30)23-25-27-28-31(23)17-8-4-5-9-17/h10-11,14-15,17,21H,2-9,12-13H2,1H3/t21-/m0/s1. The van der Waals surface area contributed by atoms with Crippen molar-refractivity contribution in [2.45, 2.75) is 63.5 Å². The Morgan fingerprint density at radius 3 is 2.48 bits per heavy atom. The van der Waals surface area contributed by atoms with Crippen molar-refractivity contribution >= 4 is 16.6 Å². The van der Waals surface area contributed by atoms with Crippen molar-refractivity contribution in [1.82, 2.24) is 45.1 Å². The molecule has 1 atom stereocenters. The minimum atomic E-state index is -0.0984. The summed E-state index contributed by atoms with van der Waals surface area (Å²) in [6.07, 6.45) is 9.59. The molecule has 0 bridgehead atoms. The van der Waals surface area contributed by atoms with Crippen molar-refractivity contribution in [3.8, 4) is 5.75 Å². The maximum atomic E-state index is 5.45. The van der Waals surface area contributed by atoms with Crippen LogP contribution in [0.1, 0.15) is 74.8 Å². The molecule has 1 aliphatic carbocycles. The van der Waals surface area contributed by atoms with Gasteiger partial charge < -0.3 is 4.74 Å². The summed E-state index contributed by atoms with van der Waals surface area (Å²) < 4.78 is 9.35. The van der Waals surface area contributed by atoms with Gasteiger partial charge in [-0.15, -0.1) is 10.2 Å². The van der Waals surface area contributed by atoms with Crippen molar-refractivity contribution in [2.75, 3.05) is 20.2 Å². The third-order valence-electron chi connectivity index (χ3n) is 7.24. The van der Waals surface area contributed by atoms with Crippen molar-refractivity contribution in [2.24, 2.45) is 0 Å². The molecule has 33 heavy (non-hydrogen) atoms. The zero-order chi connectivity index (χ0) is 22.2. The molecule has 0 radical (unpaired) electrons. The molecule has 10 nitrogen and oxygen atoms in total. The number of ether oxygens (including phenoxy) is 1. The van der Waals surface area contributed by atoms with E-state index in [9.17, 15) is 0 Å². The Kier molecular flexibility index (Phi) is 5.37. The molecular weight excluding hydrogens is 418 g/mol. The quantitative estimate of drug-likeness (QED) is 0.459. The molecule has 4 heterocycles. The van der Waals surface area contributed by atoms with Gasteiger partial charge in [-0.25, -0.2) is 4.68 Å². The fraction of sp³-hybridized carbons (Fsp3) is 0.565. The van der Waals surface area contributed by atoms with Gasteiger partial charge in [0.25, 0.3) is 0 Å². The van der Waals surface area contributed by atoms with Crippen molar-refractivity contribution < 1.29 is 4.74 Å². The van der Waals surface area contributed by atoms with Gasteiger partial charge in [-0.1, -0.05) is 25.7 Å². The van der Waals surface area contributed by atoms with Crippen LogP contribution in [0.4, 0.5) is 0 Å². The van der Waals surface area contributed by atoms with Crippen LogP contribution < -0.4 is 4.74 Å². The lowest BCUT2D eigenvalue weighted by molar-refractivity contribution is 0.218. The zero-order valence-electron chi connectivity index (χ0n) is 19.0. The summed E-state index contributed by atoms with van der Waals surface area (Å²) >= 11 is 0. The Bertz CT molecular complexity index is 1250. The van der Waals surface area contributed by atoms with Crippen LogP contribution in [0.2, 0.25) is 0 Å². The van der Waals surface area contributed by atoms with Crippen molar-refractivity contribution in [3.63, 3.8) is 0 Å². The zero-order valence-corrected chi connectivity index (χ0v) is 19.0. The number of hydrogen-bond acceptors (Lipinski definition) is 8. The predicted molar refractivity (Wildman–Crippen MR) is 122 cm³/mol. The van der Waals surface area contributed by atoms with Gasteiger partial charge in [0.15, 0.2) is 11.5 Å². The lowest BCUT2D eigenvalue weighted by Gasteiger charge is -2.31. The maximum Gasteiger partial charge on any atom is 0.185 e. The largest absolute Gasteiger partial charge is 0.497 e. The predicted octanol–water partition coefficient (Wildman–Crippen LogP) is 3.35. The van der Waals surface area contributed by atoms with Crippen molar-refractivity contribution in [1.29, 1.82) is 0 Å². The van der Waals surface area contributed by atoms with Gasteiger partial charge in [-0.2, -0.15) is 4.52 Å². The van der Waals surface area contributed by atoms with Crippen LogP contribution in [0, 0.1) is 0 Å². The summed E-state index contributed by atoms with van der Waals surface area (Å²) in [5.41, 5.74) is 2.71. The third-order valence-corrected chi connectivity index (χ3v) is 7.24. The van der Waals surface area contributed by atoms with E-state index < -0.39 is 0 Å². The highest BCUT2D eigenvalue weighted by Gasteiger charge is 2.34. The first-order valence-corrected chi connectivity index (χ1v) is 12.0. The number of benzene rings is 1. The van der Waals surface area contributed by atoms with Gasteiger partial charge in [0.05, 0.1) is 18.7 Å². The highest BCUT2D eigenvalue weighted by Crippen LogP contribution is 2.37. The molecule has 1 aromatic carbocycles. The second kappa shape index (κ2) is 8.66. The minimum Gasteiger partial charge on any atom is -0.497 e. The first-order valence-electron chi connectivity index (χ1n) is 12.0. The average Bonchev–Trinajstić information content (AvgIpc) is 3.59. The number of nitrogens with zero attached hydrogens (tertiary/aromatic N) is 9. The Morgan fingerprint density at radius 1 is 0.909 bits per heavy atom. The summed E-state index contributed by atoms with van der Waals surface area (Å²) in [7, 11) is 1.67. The van der Waals surface area contributed by atoms with E-state index >= 15 is 0 Å². The smallest absolute Gasteiger partial charge is 0.185 e. The molecule has 2 aliphatic rings. The molecule has 1 saturated carbocycles. The summed E-state index contributed by atoms with van der Waals surface area (Å²) in [6.45, 7) is 2.02. The molecule has 2 fully saturated rings. The number of likely N-dealkylation sites (tertiary alicyclic amines) is 1. The van der Waals surface area contributed by atoms with Gasteiger partial charge in [0.1, 0.15) is 11.8 Å². The molecule has 0 N–H and O–H groups in total. The van der Waals surface area contributed by atoms with Gasteiger partial charge in [0.2, 0.25) is 0 Å². The van der Waals surface area contributed by atoms with Crippen molar-refractivity contribution in [3.05, 3.63) is 35.7 Å². The first-order chi connectivity index (χ1) is 16.3. The van der Waals surface area contributed by atoms with E-state index in [1.54, 1.807) is 7.11 Å². The van der Waals surface area contributed by atoms with E-state index in [0.29, 0.717) is 6.04 Å². The number of hydrogen-bond donors (Lipinski definition) is 0. The number of rotatable bonds is 5. The van der Waals surface area contributed by atoms with Gasteiger partial charge >= 0.3 is 0 Å². The van der Waals surface area contributed by atoms with E-state index in [1.165, 1.54) is 38.5 Å². The Balaban J connectivity index is 1.55. The number of pyridine rings is 1. The third kappa shape index (κ3) is 3.62. The molecule has 0 unspecified atom stereocenters. The van der Waals surface area contributed by atoms with E-state index in [-0.39, 0.29) is 6.04 Å². The fourth-order valence-electron chi connectivity index (χ4n) is 5.56. The average molecular weight is 448 g/mol. The second-order valence-corrected chi connectivity index (χ2v) is 9.21. The molecule has 0 amide bonds. The molecule has 172 valence electrons. The van der Waals surface area contributed by atoms with Gasteiger partial charge in [-0.05, 0) is 77.8 Å². The molecule has 6 rings (SSSR count). The molecule has 0 spiro atoms. The van der Waals surface area contributed by atoms with Crippen LogP contribution in [0.3, 0.4) is 0 Å². The Morgan fingerprint density at radius 2 is 1.70 bits per heavy atom. The van der Waals surface area contributed by atoms with Crippen LogP contribution in [0.25, 0.3) is 16.6 Å². The summed E-state index contributed by atoms with van der Waals surface area (Å²) in [4.78, 5) is 2.53. The monoisotopic (exact) mass is 447 g/mol. The number of tetrazole rings is 2. The van der Waals surface area contributed by atoms with Gasteiger partial charge in [-0.3, -0.25) is 4.90 Å². The minimum absolute atomic E-state index is 0.0984. The Labute approximate surface area is 191 Å². The maximum absolute atomic E-state index is 5.45. The van der Waals surface area contributed by atoms with E-state index in [2.05, 4.69) is 52.8 Å². The fourth-order valence-corrected chi connectivity index (χ4v) is 5.56. The normalized spacial score (nSPS) is 19.3. The molecular formula is C23H29N9O. The summed E-state index contributed by atoms with van der Waals surface area (Å²) in [6, 6.07) is 8.50. The summed E-state index contributed by atoms with van der Waals surface area (Å²) in [5, 5.41) is 27.1. The first kappa shape index (κ1) is 20.5. The highest BCUT2D eigenvalue weighted by atomic mass is 16.5. The lowest BCUT2D eigenvalue weighted by Crippen LogP contribution is -2.33. The SMILES string of the molecule is COc1ccc2cc([C@@H](c3nnnn3C3CCCC3)N3CCCCCC3)c3nnnn3c2c1.